The average molecular weight is 402 g/mol. The summed E-state index contributed by atoms with van der Waals surface area (Å²) in [5.74, 6) is 0.0846. The van der Waals surface area contributed by atoms with E-state index >= 15 is 0 Å². The van der Waals surface area contributed by atoms with Crippen LogP contribution in [0.1, 0.15) is 21.5 Å². The van der Waals surface area contributed by atoms with Crippen molar-refractivity contribution in [1.29, 1.82) is 5.26 Å². The molecule has 0 unspecified atom stereocenters. The van der Waals surface area contributed by atoms with Gasteiger partial charge in [0.15, 0.2) is 0 Å². The van der Waals surface area contributed by atoms with Crippen molar-refractivity contribution in [2.24, 2.45) is 0 Å². The number of carbonyl (C=O) groups excluding carboxylic acids is 1. The summed E-state index contributed by atoms with van der Waals surface area (Å²) in [6.45, 7) is 0.986. The van der Waals surface area contributed by atoms with Gasteiger partial charge in [0, 0.05) is 25.0 Å². The van der Waals surface area contributed by atoms with Crippen molar-refractivity contribution in [3.63, 3.8) is 0 Å². The SMILES string of the molecule is N#CCNC(=O)c1cnc(N2CCc3ccccc32)nc1NCc1ccc(F)cc1. The fourth-order valence-electron chi connectivity index (χ4n) is 3.35. The smallest absolute Gasteiger partial charge is 0.257 e. The molecule has 0 aliphatic carbocycles. The Balaban J connectivity index is 1.63. The van der Waals surface area contributed by atoms with Gasteiger partial charge in [0.2, 0.25) is 5.95 Å². The second-order valence-corrected chi connectivity index (χ2v) is 6.78. The Labute approximate surface area is 173 Å². The maximum atomic E-state index is 13.2. The predicted octanol–water partition coefficient (Wildman–Crippen LogP) is 3.18. The number of halogens is 1. The summed E-state index contributed by atoms with van der Waals surface area (Å²) in [5.41, 5.74) is 3.34. The molecule has 0 saturated carbocycles. The van der Waals surface area contributed by atoms with Crippen LogP contribution in [0.3, 0.4) is 0 Å². The van der Waals surface area contributed by atoms with Crippen LogP contribution in [-0.2, 0) is 13.0 Å². The molecule has 8 heteroatoms. The number of para-hydroxylation sites is 1. The maximum absolute atomic E-state index is 13.2. The molecule has 1 aromatic heterocycles. The molecule has 3 aromatic rings. The summed E-state index contributed by atoms with van der Waals surface area (Å²) in [6.07, 6.45) is 2.35. The number of nitriles is 1. The number of amides is 1. The highest BCUT2D eigenvalue weighted by Gasteiger charge is 2.24. The first-order chi connectivity index (χ1) is 14.7. The quantitative estimate of drug-likeness (QED) is 0.615. The molecule has 7 nitrogen and oxygen atoms in total. The first-order valence-electron chi connectivity index (χ1n) is 9.51. The minimum absolute atomic E-state index is 0.114. The van der Waals surface area contributed by atoms with Gasteiger partial charge in [0.25, 0.3) is 5.91 Å². The summed E-state index contributed by atoms with van der Waals surface area (Å²) in [6, 6.07) is 16.0. The zero-order valence-corrected chi connectivity index (χ0v) is 16.1. The van der Waals surface area contributed by atoms with Crippen LogP contribution in [0.2, 0.25) is 0 Å². The largest absolute Gasteiger partial charge is 0.365 e. The lowest BCUT2D eigenvalue weighted by Gasteiger charge is -2.19. The number of carbonyl (C=O) groups is 1. The molecule has 0 radical (unpaired) electrons. The third-order valence-corrected chi connectivity index (χ3v) is 4.85. The summed E-state index contributed by atoms with van der Waals surface area (Å²) in [7, 11) is 0. The molecule has 0 spiro atoms. The molecule has 0 bridgehead atoms. The van der Waals surface area contributed by atoms with Gasteiger partial charge in [-0.1, -0.05) is 30.3 Å². The molecule has 150 valence electrons. The second-order valence-electron chi connectivity index (χ2n) is 6.78. The monoisotopic (exact) mass is 402 g/mol. The van der Waals surface area contributed by atoms with E-state index in [9.17, 15) is 9.18 Å². The van der Waals surface area contributed by atoms with Crippen molar-refractivity contribution in [1.82, 2.24) is 15.3 Å². The normalized spacial score (nSPS) is 12.2. The van der Waals surface area contributed by atoms with Crippen LogP contribution in [0.15, 0.2) is 54.7 Å². The van der Waals surface area contributed by atoms with Gasteiger partial charge >= 0.3 is 0 Å². The van der Waals surface area contributed by atoms with E-state index in [1.54, 1.807) is 12.1 Å². The van der Waals surface area contributed by atoms with Gasteiger partial charge in [0.05, 0.1) is 6.07 Å². The molecule has 0 fully saturated rings. The second kappa shape index (κ2) is 8.57. The van der Waals surface area contributed by atoms with Gasteiger partial charge in [-0.2, -0.15) is 10.2 Å². The summed E-state index contributed by atoms with van der Waals surface area (Å²) < 4.78 is 13.2. The topological polar surface area (TPSA) is 93.9 Å². The van der Waals surface area contributed by atoms with Crippen LogP contribution in [0, 0.1) is 17.1 Å². The molecule has 1 aliphatic heterocycles. The van der Waals surface area contributed by atoms with E-state index in [0.29, 0.717) is 18.3 Å². The number of fused-ring (bicyclic) bond motifs is 1. The summed E-state index contributed by atoms with van der Waals surface area (Å²) in [5, 5.41) is 14.4. The van der Waals surface area contributed by atoms with E-state index < -0.39 is 5.91 Å². The van der Waals surface area contributed by atoms with E-state index in [1.807, 2.05) is 29.2 Å². The summed E-state index contributed by atoms with van der Waals surface area (Å²) >= 11 is 0. The lowest BCUT2D eigenvalue weighted by Crippen LogP contribution is -2.26. The minimum Gasteiger partial charge on any atom is -0.365 e. The molecule has 2 N–H and O–H groups in total. The zero-order chi connectivity index (χ0) is 20.9. The van der Waals surface area contributed by atoms with E-state index in [2.05, 4.69) is 26.7 Å². The molecule has 4 rings (SSSR count). The fraction of sp³-hybridized carbons (Fsp3) is 0.182. The van der Waals surface area contributed by atoms with Crippen molar-refractivity contribution in [2.45, 2.75) is 13.0 Å². The van der Waals surface area contributed by atoms with Crippen LogP contribution >= 0.6 is 0 Å². The Bertz CT molecular complexity index is 1110. The number of rotatable bonds is 6. The van der Waals surface area contributed by atoms with E-state index in [1.165, 1.54) is 23.9 Å². The number of nitrogens with zero attached hydrogens (tertiary/aromatic N) is 4. The van der Waals surface area contributed by atoms with Gasteiger partial charge in [-0.05, 0) is 35.7 Å². The van der Waals surface area contributed by atoms with Gasteiger partial charge in [0.1, 0.15) is 23.7 Å². The lowest BCUT2D eigenvalue weighted by atomic mass is 10.2. The standard InChI is InChI=1S/C22H19FN6O/c23-17-7-5-15(6-8-17)13-26-20-18(21(30)25-11-10-24)14-27-22(28-20)29-12-9-16-3-1-2-4-19(16)29/h1-8,14H,9,11-13H2,(H,25,30)(H,26,27,28). The molecule has 1 aliphatic rings. The highest BCUT2D eigenvalue weighted by Crippen LogP contribution is 2.33. The van der Waals surface area contributed by atoms with E-state index in [0.717, 1.165) is 24.2 Å². The molecule has 2 heterocycles. The zero-order valence-electron chi connectivity index (χ0n) is 16.1. The van der Waals surface area contributed by atoms with E-state index in [-0.39, 0.29) is 17.9 Å². The van der Waals surface area contributed by atoms with Gasteiger partial charge in [-0.15, -0.1) is 0 Å². The number of hydrogen-bond donors (Lipinski definition) is 2. The van der Waals surface area contributed by atoms with E-state index in [4.69, 9.17) is 5.26 Å². The summed E-state index contributed by atoms with van der Waals surface area (Å²) in [4.78, 5) is 23.5. The fourth-order valence-corrected chi connectivity index (χ4v) is 3.35. The van der Waals surface area contributed by atoms with Crippen LogP contribution in [0.5, 0.6) is 0 Å². The molecule has 0 saturated heterocycles. The molecule has 0 atom stereocenters. The average Bonchev–Trinajstić information content (AvgIpc) is 3.21. The number of benzene rings is 2. The molecule has 30 heavy (non-hydrogen) atoms. The van der Waals surface area contributed by atoms with Gasteiger partial charge in [-0.3, -0.25) is 4.79 Å². The van der Waals surface area contributed by atoms with Gasteiger partial charge < -0.3 is 15.5 Å². The van der Waals surface area contributed by atoms with Crippen molar-refractivity contribution in [3.05, 3.63) is 77.2 Å². The van der Waals surface area contributed by atoms with Crippen LogP contribution in [0.4, 0.5) is 21.8 Å². The number of anilines is 3. The third-order valence-electron chi connectivity index (χ3n) is 4.85. The Morgan fingerprint density at radius 2 is 2.00 bits per heavy atom. The Morgan fingerprint density at radius 1 is 1.20 bits per heavy atom. The maximum Gasteiger partial charge on any atom is 0.257 e. The molecule has 2 aromatic carbocycles. The Morgan fingerprint density at radius 3 is 2.80 bits per heavy atom. The Hall–Kier alpha value is -3.99. The number of nitrogens with one attached hydrogen (secondary N) is 2. The van der Waals surface area contributed by atoms with Crippen LogP contribution in [0.25, 0.3) is 0 Å². The van der Waals surface area contributed by atoms with Crippen molar-refractivity contribution >= 4 is 23.4 Å². The van der Waals surface area contributed by atoms with Crippen LogP contribution < -0.4 is 15.5 Å². The molecular formula is C22H19FN6O. The number of hydrogen-bond acceptors (Lipinski definition) is 6. The molecular weight excluding hydrogens is 383 g/mol. The van der Waals surface area contributed by atoms with Gasteiger partial charge in [-0.25, -0.2) is 9.37 Å². The van der Waals surface area contributed by atoms with Crippen molar-refractivity contribution < 1.29 is 9.18 Å². The predicted molar refractivity (Wildman–Crippen MR) is 111 cm³/mol. The highest BCUT2D eigenvalue weighted by atomic mass is 19.1. The first kappa shape index (κ1) is 19.3. The van der Waals surface area contributed by atoms with Crippen molar-refractivity contribution in [3.8, 4) is 6.07 Å². The van der Waals surface area contributed by atoms with Crippen molar-refractivity contribution in [2.75, 3.05) is 23.3 Å². The molecule has 1 amide bonds. The third kappa shape index (κ3) is 4.05. The van der Waals surface area contributed by atoms with Crippen LogP contribution in [-0.4, -0.2) is 29.0 Å². The number of aromatic nitrogens is 2. The lowest BCUT2D eigenvalue weighted by molar-refractivity contribution is 0.0958. The first-order valence-corrected chi connectivity index (χ1v) is 9.51. The minimum atomic E-state index is -0.438. The highest BCUT2D eigenvalue weighted by molar-refractivity contribution is 5.98. The Kier molecular flexibility index (Phi) is 5.52.